The molecule has 4 rings (SSSR count). The second kappa shape index (κ2) is 6.06. The molecular weight excluding hydrogens is 280 g/mol. The number of ether oxygens (including phenoxy) is 1. The summed E-state index contributed by atoms with van der Waals surface area (Å²) < 4.78 is 11.2. The quantitative estimate of drug-likeness (QED) is 0.851. The zero-order chi connectivity index (χ0) is 14.8. The van der Waals surface area contributed by atoms with Crippen molar-refractivity contribution >= 4 is 0 Å². The van der Waals surface area contributed by atoms with Crippen molar-refractivity contribution in [1.29, 1.82) is 0 Å². The van der Waals surface area contributed by atoms with Gasteiger partial charge in [-0.2, -0.15) is 0 Å². The van der Waals surface area contributed by atoms with E-state index >= 15 is 0 Å². The van der Waals surface area contributed by atoms with E-state index in [9.17, 15) is 0 Å². The maximum absolute atomic E-state index is 6.01. The maximum atomic E-state index is 6.01. The molecule has 22 heavy (non-hydrogen) atoms. The van der Waals surface area contributed by atoms with Crippen molar-refractivity contribution in [2.45, 2.75) is 25.1 Å². The van der Waals surface area contributed by atoms with Gasteiger partial charge in [0.05, 0.1) is 24.9 Å². The minimum atomic E-state index is 0.241. The summed E-state index contributed by atoms with van der Waals surface area (Å²) in [5, 5.41) is 0. The Labute approximate surface area is 129 Å². The summed E-state index contributed by atoms with van der Waals surface area (Å²) >= 11 is 0. The first-order valence-electron chi connectivity index (χ1n) is 7.76. The molecule has 0 bridgehead atoms. The number of hydrogen-bond acceptors (Lipinski definition) is 6. The van der Waals surface area contributed by atoms with Gasteiger partial charge in [-0.15, -0.1) is 0 Å². The first-order chi connectivity index (χ1) is 10.9. The normalized spacial score (nSPS) is 26.0. The first-order valence-corrected chi connectivity index (χ1v) is 7.76. The predicted molar refractivity (Wildman–Crippen MR) is 80.4 cm³/mol. The third-order valence-electron chi connectivity index (χ3n) is 4.49. The molecule has 6 heteroatoms. The molecule has 2 aliphatic heterocycles. The molecular formula is C16H20N4O2. The lowest BCUT2D eigenvalue weighted by Gasteiger charge is -2.36. The standard InChI is InChI=1S/C16H20N4O2/c1-4-21-11-13(1)8-19-2-3-20-10-15(5-14(20)9-19)22-16-6-17-12-18-7-16/h1,4,6-7,11-12,14-15H,2-3,5,8-10H2/t14-,15+/m0/s1. The van der Waals surface area contributed by atoms with Crippen molar-refractivity contribution < 1.29 is 9.15 Å². The summed E-state index contributed by atoms with van der Waals surface area (Å²) in [5.41, 5.74) is 1.25. The zero-order valence-corrected chi connectivity index (χ0v) is 12.5. The molecule has 2 saturated heterocycles. The number of furan rings is 1. The summed E-state index contributed by atoms with van der Waals surface area (Å²) in [7, 11) is 0. The van der Waals surface area contributed by atoms with E-state index in [4.69, 9.17) is 9.15 Å². The van der Waals surface area contributed by atoms with E-state index in [1.165, 1.54) is 11.9 Å². The predicted octanol–water partition coefficient (Wildman–Crippen LogP) is 1.41. The fraction of sp³-hybridized carbons (Fsp3) is 0.500. The van der Waals surface area contributed by atoms with Gasteiger partial charge in [-0.05, 0) is 6.07 Å². The average molecular weight is 300 g/mol. The summed E-state index contributed by atoms with van der Waals surface area (Å²) in [6.45, 7) is 5.27. The number of fused-ring (bicyclic) bond motifs is 1. The number of piperazine rings is 1. The third-order valence-corrected chi connectivity index (χ3v) is 4.49. The van der Waals surface area contributed by atoms with E-state index in [-0.39, 0.29) is 6.10 Å². The number of nitrogens with zero attached hydrogens (tertiary/aromatic N) is 4. The van der Waals surface area contributed by atoms with Crippen molar-refractivity contribution in [2.75, 3.05) is 26.2 Å². The monoisotopic (exact) mass is 300 g/mol. The Morgan fingerprint density at radius 3 is 2.95 bits per heavy atom. The minimum Gasteiger partial charge on any atom is -0.486 e. The fourth-order valence-electron chi connectivity index (χ4n) is 3.47. The van der Waals surface area contributed by atoms with Gasteiger partial charge in [0.15, 0.2) is 5.75 Å². The molecule has 0 aromatic carbocycles. The van der Waals surface area contributed by atoms with Crippen LogP contribution >= 0.6 is 0 Å². The van der Waals surface area contributed by atoms with E-state index in [0.717, 1.165) is 44.9 Å². The smallest absolute Gasteiger partial charge is 0.156 e. The fourth-order valence-corrected chi connectivity index (χ4v) is 3.47. The zero-order valence-electron chi connectivity index (χ0n) is 12.5. The first kappa shape index (κ1) is 13.7. The van der Waals surface area contributed by atoms with Crippen LogP contribution in [0.25, 0.3) is 0 Å². The van der Waals surface area contributed by atoms with Gasteiger partial charge < -0.3 is 9.15 Å². The lowest BCUT2D eigenvalue weighted by molar-refractivity contribution is 0.0977. The van der Waals surface area contributed by atoms with Crippen LogP contribution in [-0.4, -0.2) is 58.1 Å². The molecule has 0 spiro atoms. The van der Waals surface area contributed by atoms with Crippen molar-refractivity contribution in [3.63, 3.8) is 0 Å². The van der Waals surface area contributed by atoms with Crippen molar-refractivity contribution in [3.8, 4) is 5.75 Å². The Hall–Kier alpha value is -1.92. The van der Waals surface area contributed by atoms with Crippen LogP contribution in [-0.2, 0) is 6.54 Å². The Kier molecular flexibility index (Phi) is 3.78. The molecule has 0 N–H and O–H groups in total. The van der Waals surface area contributed by atoms with E-state index in [0.29, 0.717) is 6.04 Å². The minimum absolute atomic E-state index is 0.241. The van der Waals surface area contributed by atoms with E-state index in [1.807, 2.05) is 12.3 Å². The van der Waals surface area contributed by atoms with Crippen LogP contribution < -0.4 is 4.74 Å². The van der Waals surface area contributed by atoms with Crippen molar-refractivity contribution in [2.24, 2.45) is 0 Å². The van der Waals surface area contributed by atoms with Crippen molar-refractivity contribution in [3.05, 3.63) is 42.9 Å². The Bertz CT molecular complexity index is 589. The highest BCUT2D eigenvalue weighted by Crippen LogP contribution is 2.26. The second-order valence-electron chi connectivity index (χ2n) is 6.07. The van der Waals surface area contributed by atoms with Gasteiger partial charge in [0.1, 0.15) is 12.4 Å². The molecule has 0 aliphatic carbocycles. The lowest BCUT2D eigenvalue weighted by Crippen LogP contribution is -2.49. The van der Waals surface area contributed by atoms with Gasteiger partial charge in [0.25, 0.3) is 0 Å². The topological polar surface area (TPSA) is 54.6 Å². The number of hydrogen-bond donors (Lipinski definition) is 0. The summed E-state index contributed by atoms with van der Waals surface area (Å²) in [6, 6.07) is 2.62. The van der Waals surface area contributed by atoms with E-state index < -0.39 is 0 Å². The molecule has 116 valence electrons. The molecule has 0 saturated carbocycles. The van der Waals surface area contributed by atoms with Gasteiger partial charge in [-0.25, -0.2) is 9.97 Å². The van der Waals surface area contributed by atoms with Gasteiger partial charge in [-0.3, -0.25) is 9.80 Å². The highest BCUT2D eigenvalue weighted by atomic mass is 16.5. The second-order valence-corrected chi connectivity index (χ2v) is 6.07. The van der Waals surface area contributed by atoms with Gasteiger partial charge in [0.2, 0.25) is 0 Å². The summed E-state index contributed by atoms with van der Waals surface area (Å²) in [4.78, 5) is 13.1. The summed E-state index contributed by atoms with van der Waals surface area (Å²) in [6.07, 6.45) is 9.88. The highest BCUT2D eigenvalue weighted by Gasteiger charge is 2.37. The molecule has 0 amide bonds. The van der Waals surface area contributed by atoms with Gasteiger partial charge in [0, 0.05) is 50.7 Å². The van der Waals surface area contributed by atoms with Crippen LogP contribution in [0.5, 0.6) is 5.75 Å². The van der Waals surface area contributed by atoms with Crippen LogP contribution in [0.1, 0.15) is 12.0 Å². The van der Waals surface area contributed by atoms with E-state index in [1.54, 1.807) is 18.7 Å². The Morgan fingerprint density at radius 2 is 2.14 bits per heavy atom. The van der Waals surface area contributed by atoms with Gasteiger partial charge >= 0.3 is 0 Å². The van der Waals surface area contributed by atoms with Gasteiger partial charge in [-0.1, -0.05) is 0 Å². The van der Waals surface area contributed by atoms with Crippen LogP contribution in [0.4, 0.5) is 0 Å². The van der Waals surface area contributed by atoms with Crippen LogP contribution in [0, 0.1) is 0 Å². The highest BCUT2D eigenvalue weighted by molar-refractivity contribution is 5.11. The van der Waals surface area contributed by atoms with Crippen LogP contribution in [0.15, 0.2) is 41.7 Å². The Balaban J connectivity index is 1.33. The van der Waals surface area contributed by atoms with Crippen LogP contribution in [0.2, 0.25) is 0 Å². The number of aromatic nitrogens is 2. The molecule has 4 heterocycles. The number of rotatable bonds is 4. The molecule has 2 aromatic heterocycles. The molecule has 2 aromatic rings. The lowest BCUT2D eigenvalue weighted by atomic mass is 10.1. The van der Waals surface area contributed by atoms with E-state index in [2.05, 4.69) is 19.8 Å². The molecule has 2 fully saturated rings. The molecule has 0 radical (unpaired) electrons. The molecule has 2 atom stereocenters. The summed E-state index contributed by atoms with van der Waals surface area (Å²) in [5.74, 6) is 0.766. The largest absolute Gasteiger partial charge is 0.486 e. The van der Waals surface area contributed by atoms with Crippen molar-refractivity contribution in [1.82, 2.24) is 19.8 Å². The average Bonchev–Trinajstić information content (AvgIpc) is 3.17. The molecule has 0 unspecified atom stereocenters. The van der Waals surface area contributed by atoms with Crippen LogP contribution in [0.3, 0.4) is 0 Å². The molecule has 2 aliphatic rings. The maximum Gasteiger partial charge on any atom is 0.156 e. The SMILES string of the molecule is c1ncc(O[C@@H]2C[C@H]3CN(Cc4ccoc4)CCN3C2)cn1. The molecule has 6 nitrogen and oxygen atoms in total. The Morgan fingerprint density at radius 1 is 1.23 bits per heavy atom. The third kappa shape index (κ3) is 2.98.